The Morgan fingerprint density at radius 2 is 0.879 bits per heavy atom. The highest BCUT2D eigenvalue weighted by Gasteiger charge is 2.20. The molecule has 0 aliphatic heterocycles. The van der Waals surface area contributed by atoms with Crippen molar-refractivity contribution >= 4 is 32.7 Å². The summed E-state index contributed by atoms with van der Waals surface area (Å²) in [5, 5.41) is 62.1. The van der Waals surface area contributed by atoms with E-state index in [-0.39, 0.29) is 34.5 Å². The lowest BCUT2D eigenvalue weighted by Gasteiger charge is -2.06. The molecule has 0 radical (unpaired) electrons. The number of hydrogen-bond donors (Lipinski definition) is 9. The van der Waals surface area contributed by atoms with Crippen LogP contribution < -0.4 is 0 Å². The molecule has 33 heavy (non-hydrogen) atoms. The van der Waals surface area contributed by atoms with Crippen molar-refractivity contribution in [1.82, 2.24) is 15.0 Å². The molecule has 164 valence electrons. The highest BCUT2D eigenvalue weighted by atomic mass is 16.3. The standard InChI is InChI=1S/C24H17N3O6/c28-18-3-9-1-15(25-12(9)6-20(18)30)16-5-11-14(27-16)8-22(32)24(33)23(11)17-2-10-4-19(29)21(31)7-13(10)26-17/h1-8,25-33H. The Balaban J connectivity index is 1.57. The zero-order valence-electron chi connectivity index (χ0n) is 16.8. The molecule has 3 aromatic carbocycles. The van der Waals surface area contributed by atoms with E-state index in [0.717, 1.165) is 0 Å². The SMILES string of the molecule is Oc1cc2cc(-c3cc4c(-c5cc6cc(O)c(O)cc6[nH]5)c(O)c(O)cc4[nH]3)[nH]c2cc1O. The van der Waals surface area contributed by atoms with Crippen LogP contribution in [-0.4, -0.2) is 45.6 Å². The lowest BCUT2D eigenvalue weighted by atomic mass is 10.0. The normalized spacial score (nSPS) is 11.8. The van der Waals surface area contributed by atoms with Crippen LogP contribution in [0.2, 0.25) is 0 Å². The lowest BCUT2D eigenvalue weighted by molar-refractivity contribution is 0.405. The summed E-state index contributed by atoms with van der Waals surface area (Å²) in [6, 6.07) is 12.4. The summed E-state index contributed by atoms with van der Waals surface area (Å²) in [6.07, 6.45) is 0. The van der Waals surface area contributed by atoms with Crippen LogP contribution in [0.25, 0.3) is 55.4 Å². The van der Waals surface area contributed by atoms with Crippen LogP contribution in [0, 0.1) is 0 Å². The number of rotatable bonds is 2. The van der Waals surface area contributed by atoms with Gasteiger partial charge in [0.1, 0.15) is 0 Å². The largest absolute Gasteiger partial charge is 0.504 e. The zero-order valence-corrected chi connectivity index (χ0v) is 16.8. The second kappa shape index (κ2) is 6.30. The Bertz CT molecular complexity index is 1660. The van der Waals surface area contributed by atoms with Crippen molar-refractivity contribution in [3.63, 3.8) is 0 Å². The molecule has 9 heteroatoms. The first kappa shape index (κ1) is 18.8. The van der Waals surface area contributed by atoms with Crippen molar-refractivity contribution < 1.29 is 30.6 Å². The van der Waals surface area contributed by atoms with E-state index in [2.05, 4.69) is 15.0 Å². The molecule has 9 N–H and O–H groups in total. The number of phenolic OH excluding ortho intramolecular Hbond substituents is 6. The molecule has 3 aromatic heterocycles. The lowest BCUT2D eigenvalue weighted by Crippen LogP contribution is -1.82. The third-order valence-corrected chi connectivity index (χ3v) is 5.87. The van der Waals surface area contributed by atoms with E-state index in [0.29, 0.717) is 55.4 Å². The number of H-pyrrole nitrogens is 3. The smallest absolute Gasteiger partial charge is 0.167 e. The van der Waals surface area contributed by atoms with Gasteiger partial charge in [-0.1, -0.05) is 0 Å². The average molecular weight is 443 g/mol. The Kier molecular flexibility index (Phi) is 3.59. The maximum Gasteiger partial charge on any atom is 0.167 e. The number of phenols is 6. The number of aromatic hydroxyl groups is 6. The van der Waals surface area contributed by atoms with Gasteiger partial charge in [0.05, 0.1) is 28.2 Å². The molecule has 0 unspecified atom stereocenters. The second-order valence-electron chi connectivity index (χ2n) is 7.99. The molecule has 0 spiro atoms. The van der Waals surface area contributed by atoms with E-state index in [1.807, 2.05) is 0 Å². The molecule has 0 atom stereocenters. The monoisotopic (exact) mass is 443 g/mol. The topological polar surface area (TPSA) is 169 Å². The van der Waals surface area contributed by atoms with Gasteiger partial charge in [-0.2, -0.15) is 0 Å². The fourth-order valence-corrected chi connectivity index (χ4v) is 4.26. The second-order valence-corrected chi connectivity index (χ2v) is 7.99. The van der Waals surface area contributed by atoms with E-state index in [4.69, 9.17) is 0 Å². The third-order valence-electron chi connectivity index (χ3n) is 5.87. The summed E-state index contributed by atoms with van der Waals surface area (Å²) in [5.41, 5.74) is 3.87. The summed E-state index contributed by atoms with van der Waals surface area (Å²) >= 11 is 0. The van der Waals surface area contributed by atoms with Crippen molar-refractivity contribution in [3.8, 4) is 57.1 Å². The van der Waals surface area contributed by atoms with E-state index < -0.39 is 0 Å². The first-order valence-corrected chi connectivity index (χ1v) is 9.96. The first-order chi connectivity index (χ1) is 15.8. The van der Waals surface area contributed by atoms with Crippen LogP contribution >= 0.6 is 0 Å². The van der Waals surface area contributed by atoms with Gasteiger partial charge in [-0.25, -0.2) is 0 Å². The molecule has 0 saturated heterocycles. The van der Waals surface area contributed by atoms with Crippen molar-refractivity contribution in [2.45, 2.75) is 0 Å². The highest BCUT2D eigenvalue weighted by Crippen LogP contribution is 2.45. The highest BCUT2D eigenvalue weighted by molar-refractivity contribution is 6.04. The maximum atomic E-state index is 10.7. The van der Waals surface area contributed by atoms with E-state index >= 15 is 0 Å². The Morgan fingerprint density at radius 3 is 1.52 bits per heavy atom. The quantitative estimate of drug-likeness (QED) is 0.176. The number of aromatic nitrogens is 3. The minimum Gasteiger partial charge on any atom is -0.504 e. The van der Waals surface area contributed by atoms with Gasteiger partial charge < -0.3 is 45.6 Å². The molecular weight excluding hydrogens is 426 g/mol. The van der Waals surface area contributed by atoms with Gasteiger partial charge in [0, 0.05) is 45.4 Å². The Hall–Kier alpha value is -4.92. The Morgan fingerprint density at radius 1 is 0.424 bits per heavy atom. The minimum atomic E-state index is -0.320. The van der Waals surface area contributed by atoms with Gasteiger partial charge in [0.2, 0.25) is 0 Å². The van der Waals surface area contributed by atoms with E-state index in [9.17, 15) is 30.6 Å². The number of hydrogen-bond acceptors (Lipinski definition) is 6. The average Bonchev–Trinajstić information content (AvgIpc) is 3.46. The van der Waals surface area contributed by atoms with Crippen LogP contribution in [0.5, 0.6) is 34.5 Å². The molecule has 0 aliphatic carbocycles. The molecule has 3 heterocycles. The van der Waals surface area contributed by atoms with Crippen molar-refractivity contribution in [2.75, 3.05) is 0 Å². The van der Waals surface area contributed by atoms with Gasteiger partial charge in [-0.15, -0.1) is 0 Å². The minimum absolute atomic E-state index is 0.224. The van der Waals surface area contributed by atoms with Gasteiger partial charge in [0.25, 0.3) is 0 Å². The van der Waals surface area contributed by atoms with Gasteiger partial charge >= 0.3 is 0 Å². The number of fused-ring (bicyclic) bond motifs is 3. The third kappa shape index (κ3) is 2.72. The fraction of sp³-hybridized carbons (Fsp3) is 0. The van der Waals surface area contributed by atoms with Crippen LogP contribution in [0.4, 0.5) is 0 Å². The number of aromatic amines is 3. The summed E-state index contributed by atoms with van der Waals surface area (Å²) in [4.78, 5) is 9.49. The molecule has 0 aliphatic rings. The predicted molar refractivity (Wildman–Crippen MR) is 123 cm³/mol. The molecule has 0 saturated carbocycles. The molecular formula is C24H17N3O6. The first-order valence-electron chi connectivity index (χ1n) is 9.96. The summed E-state index contributed by atoms with van der Waals surface area (Å²) < 4.78 is 0. The molecule has 6 rings (SSSR count). The van der Waals surface area contributed by atoms with Crippen LogP contribution in [0.3, 0.4) is 0 Å². The van der Waals surface area contributed by atoms with Crippen LogP contribution in [0.15, 0.2) is 48.5 Å². The molecule has 0 amide bonds. The summed E-state index contributed by atoms with van der Waals surface area (Å²) in [6.45, 7) is 0. The number of benzene rings is 3. The van der Waals surface area contributed by atoms with E-state index in [1.54, 1.807) is 18.2 Å². The van der Waals surface area contributed by atoms with E-state index in [1.165, 1.54) is 30.3 Å². The summed E-state index contributed by atoms with van der Waals surface area (Å²) in [5.74, 6) is -1.64. The van der Waals surface area contributed by atoms with Gasteiger partial charge in [0.15, 0.2) is 34.5 Å². The van der Waals surface area contributed by atoms with Crippen molar-refractivity contribution in [1.29, 1.82) is 0 Å². The predicted octanol–water partition coefficient (Wildman–Crippen LogP) is 4.70. The van der Waals surface area contributed by atoms with Crippen molar-refractivity contribution in [3.05, 3.63) is 48.5 Å². The van der Waals surface area contributed by atoms with Crippen LogP contribution in [0.1, 0.15) is 0 Å². The van der Waals surface area contributed by atoms with Gasteiger partial charge in [-0.3, -0.25) is 0 Å². The van der Waals surface area contributed by atoms with Crippen molar-refractivity contribution in [2.24, 2.45) is 0 Å². The fourth-order valence-electron chi connectivity index (χ4n) is 4.26. The Labute approximate surface area is 184 Å². The maximum absolute atomic E-state index is 10.7. The van der Waals surface area contributed by atoms with Gasteiger partial charge in [-0.05, 0) is 30.3 Å². The molecule has 0 bridgehead atoms. The zero-order chi connectivity index (χ0) is 23.0. The van der Waals surface area contributed by atoms with Crippen LogP contribution in [-0.2, 0) is 0 Å². The summed E-state index contributed by atoms with van der Waals surface area (Å²) in [7, 11) is 0. The number of nitrogens with one attached hydrogen (secondary N) is 3. The molecule has 0 fully saturated rings. The molecule has 9 nitrogen and oxygen atoms in total. The molecule has 6 aromatic rings.